The van der Waals surface area contributed by atoms with E-state index in [0.717, 1.165) is 27.8 Å². The van der Waals surface area contributed by atoms with Crippen LogP contribution in [-0.4, -0.2) is 12.5 Å². The highest BCUT2D eigenvalue weighted by Gasteiger charge is 2.05. The molecule has 0 spiro atoms. The molecule has 0 heterocycles. The molecular formula is C16H17BrN2O. The summed E-state index contributed by atoms with van der Waals surface area (Å²) in [5, 5.41) is 6.03. The van der Waals surface area contributed by atoms with Gasteiger partial charge in [0.1, 0.15) is 0 Å². The predicted octanol–water partition coefficient (Wildman–Crippen LogP) is 4.06. The van der Waals surface area contributed by atoms with Crippen LogP contribution in [0.4, 0.5) is 11.4 Å². The SMILES string of the molecule is CCc1ccccc1NC(=O)CNc1cccc(Br)c1. The van der Waals surface area contributed by atoms with Gasteiger partial charge in [-0.25, -0.2) is 0 Å². The summed E-state index contributed by atoms with van der Waals surface area (Å²) in [5.74, 6) is -0.0501. The molecular weight excluding hydrogens is 316 g/mol. The Kier molecular flexibility index (Phi) is 5.18. The molecule has 4 heteroatoms. The van der Waals surface area contributed by atoms with Gasteiger partial charge >= 0.3 is 0 Å². The quantitative estimate of drug-likeness (QED) is 0.866. The summed E-state index contributed by atoms with van der Waals surface area (Å²) in [6.45, 7) is 2.32. The third-order valence-electron chi connectivity index (χ3n) is 2.95. The fraction of sp³-hybridized carbons (Fsp3) is 0.188. The van der Waals surface area contributed by atoms with Crippen molar-refractivity contribution >= 4 is 33.2 Å². The van der Waals surface area contributed by atoms with Gasteiger partial charge in [0.25, 0.3) is 0 Å². The number of amides is 1. The number of hydrogen-bond donors (Lipinski definition) is 2. The molecule has 2 aromatic rings. The highest BCUT2D eigenvalue weighted by molar-refractivity contribution is 9.10. The molecule has 3 nitrogen and oxygen atoms in total. The fourth-order valence-electron chi connectivity index (χ4n) is 1.93. The molecule has 0 fully saturated rings. The summed E-state index contributed by atoms with van der Waals surface area (Å²) in [7, 11) is 0. The molecule has 0 unspecified atom stereocenters. The lowest BCUT2D eigenvalue weighted by atomic mass is 10.1. The van der Waals surface area contributed by atoms with Crippen LogP contribution in [0.15, 0.2) is 53.0 Å². The Morgan fingerprint density at radius 2 is 1.95 bits per heavy atom. The van der Waals surface area contributed by atoms with Gasteiger partial charge < -0.3 is 10.6 Å². The zero-order valence-electron chi connectivity index (χ0n) is 11.3. The lowest BCUT2D eigenvalue weighted by Gasteiger charge is -2.11. The van der Waals surface area contributed by atoms with E-state index >= 15 is 0 Å². The van der Waals surface area contributed by atoms with Gasteiger partial charge in [0.2, 0.25) is 5.91 Å². The molecule has 2 rings (SSSR count). The first kappa shape index (κ1) is 14.6. The van der Waals surface area contributed by atoms with Gasteiger partial charge in [0, 0.05) is 15.8 Å². The standard InChI is InChI=1S/C16H17BrN2O/c1-2-12-6-3-4-9-15(12)19-16(20)11-18-14-8-5-7-13(17)10-14/h3-10,18H,2,11H2,1H3,(H,19,20). The number of para-hydroxylation sites is 1. The van der Waals surface area contributed by atoms with Crippen molar-refractivity contribution in [3.63, 3.8) is 0 Å². The van der Waals surface area contributed by atoms with Crippen LogP contribution in [0.25, 0.3) is 0 Å². The summed E-state index contributed by atoms with van der Waals surface area (Å²) in [4.78, 5) is 12.0. The first-order chi connectivity index (χ1) is 9.69. The Morgan fingerprint density at radius 3 is 2.70 bits per heavy atom. The summed E-state index contributed by atoms with van der Waals surface area (Å²) < 4.78 is 0.985. The van der Waals surface area contributed by atoms with Crippen molar-refractivity contribution in [3.8, 4) is 0 Å². The molecule has 20 heavy (non-hydrogen) atoms. The summed E-state index contributed by atoms with van der Waals surface area (Å²) >= 11 is 3.40. The topological polar surface area (TPSA) is 41.1 Å². The minimum absolute atomic E-state index is 0.0501. The molecule has 0 bridgehead atoms. The van der Waals surface area contributed by atoms with Crippen LogP contribution in [0.5, 0.6) is 0 Å². The fourth-order valence-corrected chi connectivity index (χ4v) is 2.32. The van der Waals surface area contributed by atoms with Crippen molar-refractivity contribution < 1.29 is 4.79 Å². The molecule has 0 atom stereocenters. The van der Waals surface area contributed by atoms with Gasteiger partial charge in [-0.3, -0.25) is 4.79 Å². The number of hydrogen-bond acceptors (Lipinski definition) is 2. The molecule has 0 aliphatic carbocycles. The van der Waals surface area contributed by atoms with Crippen LogP contribution in [0.2, 0.25) is 0 Å². The number of rotatable bonds is 5. The van der Waals surface area contributed by atoms with Gasteiger partial charge in [-0.15, -0.1) is 0 Å². The van der Waals surface area contributed by atoms with Crippen LogP contribution in [0, 0.1) is 0 Å². The van der Waals surface area contributed by atoms with Crippen LogP contribution in [-0.2, 0) is 11.2 Å². The molecule has 0 saturated carbocycles. The number of nitrogens with one attached hydrogen (secondary N) is 2. The van der Waals surface area contributed by atoms with Crippen LogP contribution >= 0.6 is 15.9 Å². The molecule has 0 aliphatic heterocycles. The minimum atomic E-state index is -0.0501. The van der Waals surface area contributed by atoms with Gasteiger partial charge in [-0.05, 0) is 36.2 Å². The highest BCUT2D eigenvalue weighted by atomic mass is 79.9. The van der Waals surface area contributed by atoms with E-state index in [-0.39, 0.29) is 12.5 Å². The zero-order valence-corrected chi connectivity index (χ0v) is 12.9. The Bertz CT molecular complexity index is 599. The van der Waals surface area contributed by atoms with E-state index in [0.29, 0.717) is 0 Å². The first-order valence-electron chi connectivity index (χ1n) is 6.56. The Labute approximate surface area is 127 Å². The van der Waals surface area contributed by atoms with Crippen molar-refractivity contribution in [2.45, 2.75) is 13.3 Å². The van der Waals surface area contributed by atoms with Gasteiger partial charge in [0.15, 0.2) is 0 Å². The number of carbonyl (C=O) groups excluding carboxylic acids is 1. The summed E-state index contributed by atoms with van der Waals surface area (Å²) in [6.07, 6.45) is 0.898. The third-order valence-corrected chi connectivity index (χ3v) is 3.44. The zero-order chi connectivity index (χ0) is 14.4. The number of benzene rings is 2. The third kappa shape index (κ3) is 4.10. The number of halogens is 1. The molecule has 1 amide bonds. The van der Waals surface area contributed by atoms with Gasteiger partial charge in [0.05, 0.1) is 6.54 Å². The minimum Gasteiger partial charge on any atom is -0.376 e. The van der Waals surface area contributed by atoms with Crippen molar-refractivity contribution in [2.24, 2.45) is 0 Å². The number of anilines is 2. The monoisotopic (exact) mass is 332 g/mol. The van der Waals surface area contributed by atoms with Gasteiger partial charge in [-0.2, -0.15) is 0 Å². The molecule has 2 N–H and O–H groups in total. The molecule has 0 saturated heterocycles. The average molecular weight is 333 g/mol. The maximum Gasteiger partial charge on any atom is 0.243 e. The van der Waals surface area contributed by atoms with Crippen molar-refractivity contribution in [3.05, 3.63) is 58.6 Å². The first-order valence-corrected chi connectivity index (χ1v) is 7.35. The van der Waals surface area contributed by atoms with Crippen molar-refractivity contribution in [1.82, 2.24) is 0 Å². The van der Waals surface area contributed by atoms with Crippen LogP contribution < -0.4 is 10.6 Å². The second-order valence-corrected chi connectivity index (χ2v) is 5.34. The molecule has 104 valence electrons. The summed E-state index contributed by atoms with van der Waals surface area (Å²) in [5.41, 5.74) is 2.94. The average Bonchev–Trinajstić information content (AvgIpc) is 2.46. The van der Waals surface area contributed by atoms with E-state index in [4.69, 9.17) is 0 Å². The smallest absolute Gasteiger partial charge is 0.243 e. The number of aryl methyl sites for hydroxylation is 1. The highest BCUT2D eigenvalue weighted by Crippen LogP contribution is 2.17. The second-order valence-electron chi connectivity index (χ2n) is 4.42. The maximum atomic E-state index is 12.0. The maximum absolute atomic E-state index is 12.0. The molecule has 2 aromatic carbocycles. The van der Waals surface area contributed by atoms with Crippen LogP contribution in [0.1, 0.15) is 12.5 Å². The van der Waals surface area contributed by atoms with Crippen LogP contribution in [0.3, 0.4) is 0 Å². The van der Waals surface area contributed by atoms with E-state index < -0.39 is 0 Å². The van der Waals surface area contributed by atoms with E-state index in [9.17, 15) is 4.79 Å². The second kappa shape index (κ2) is 7.10. The van der Waals surface area contributed by atoms with Crippen molar-refractivity contribution in [2.75, 3.05) is 17.2 Å². The Morgan fingerprint density at radius 1 is 1.15 bits per heavy atom. The lowest BCUT2D eigenvalue weighted by molar-refractivity contribution is -0.114. The Hall–Kier alpha value is -1.81. The van der Waals surface area contributed by atoms with E-state index in [1.165, 1.54) is 0 Å². The predicted molar refractivity (Wildman–Crippen MR) is 87.1 cm³/mol. The van der Waals surface area contributed by atoms with E-state index in [2.05, 4.69) is 33.5 Å². The molecule has 0 radical (unpaired) electrons. The van der Waals surface area contributed by atoms with Crippen molar-refractivity contribution in [1.29, 1.82) is 0 Å². The lowest BCUT2D eigenvalue weighted by Crippen LogP contribution is -2.22. The van der Waals surface area contributed by atoms with E-state index in [1.54, 1.807) is 0 Å². The Balaban J connectivity index is 1.93. The van der Waals surface area contributed by atoms with Gasteiger partial charge in [-0.1, -0.05) is 47.1 Å². The summed E-state index contributed by atoms with van der Waals surface area (Å²) in [6, 6.07) is 15.6. The molecule has 0 aliphatic rings. The largest absolute Gasteiger partial charge is 0.376 e. The molecule has 0 aromatic heterocycles. The number of carbonyl (C=O) groups is 1. The van der Waals surface area contributed by atoms with E-state index in [1.807, 2.05) is 48.5 Å². The normalized spacial score (nSPS) is 10.1.